The van der Waals surface area contributed by atoms with Crippen molar-refractivity contribution in [2.75, 3.05) is 5.32 Å². The van der Waals surface area contributed by atoms with E-state index in [-0.39, 0.29) is 11.5 Å². The number of carbonyl (C=O) groups excluding carboxylic acids is 1. The van der Waals surface area contributed by atoms with Crippen LogP contribution >= 0.6 is 0 Å². The van der Waals surface area contributed by atoms with Crippen LogP contribution in [0.2, 0.25) is 0 Å². The second-order valence-electron chi connectivity index (χ2n) is 5.35. The van der Waals surface area contributed by atoms with Gasteiger partial charge in [-0.05, 0) is 38.5 Å². The van der Waals surface area contributed by atoms with E-state index >= 15 is 0 Å². The average molecular weight is 309 g/mol. The first-order valence-corrected chi connectivity index (χ1v) is 7.03. The average Bonchev–Trinajstić information content (AvgIpc) is 2.77. The summed E-state index contributed by atoms with van der Waals surface area (Å²) < 4.78 is 1.39. The quantitative estimate of drug-likeness (QED) is 0.812. The fraction of sp³-hybridized carbons (Fsp3) is 0.250. The molecule has 0 saturated heterocycles. The number of hydrogen-bond acceptors (Lipinski definition) is 5. The van der Waals surface area contributed by atoms with Gasteiger partial charge in [0.05, 0.1) is 0 Å². The van der Waals surface area contributed by atoms with Crippen molar-refractivity contribution in [3.8, 4) is 11.8 Å². The zero-order valence-electron chi connectivity index (χ0n) is 13.0. The molecule has 23 heavy (non-hydrogen) atoms. The maximum atomic E-state index is 12.9. The number of nitrogens with zero attached hydrogens (tertiary/aromatic N) is 3. The van der Waals surface area contributed by atoms with Crippen molar-refractivity contribution in [1.82, 2.24) is 19.9 Å². The number of rotatable bonds is 2. The molecule has 116 valence electrons. The first kappa shape index (κ1) is 14.8. The summed E-state index contributed by atoms with van der Waals surface area (Å²) in [5.41, 5.74) is -0.0704. The lowest BCUT2D eigenvalue weighted by atomic mass is 10.1. The van der Waals surface area contributed by atoms with Gasteiger partial charge in [-0.15, -0.1) is 5.92 Å². The number of pyridine rings is 1. The highest BCUT2D eigenvalue weighted by atomic mass is 16.2. The molecule has 0 fully saturated rings. The molecule has 7 nitrogen and oxygen atoms in total. The van der Waals surface area contributed by atoms with Crippen molar-refractivity contribution >= 4 is 17.4 Å². The van der Waals surface area contributed by atoms with Crippen molar-refractivity contribution in [3.05, 3.63) is 46.3 Å². The third kappa shape index (κ3) is 2.34. The Hall–Kier alpha value is -3.14. The van der Waals surface area contributed by atoms with E-state index in [1.165, 1.54) is 10.9 Å². The Morgan fingerprint density at radius 3 is 2.83 bits per heavy atom. The highest BCUT2D eigenvalue weighted by Crippen LogP contribution is 2.25. The zero-order chi connectivity index (χ0) is 16.6. The fourth-order valence-corrected chi connectivity index (χ4v) is 2.71. The molecule has 0 spiro atoms. The van der Waals surface area contributed by atoms with Gasteiger partial charge in [0.25, 0.3) is 11.5 Å². The van der Waals surface area contributed by atoms with Crippen LogP contribution in [0.25, 0.3) is 0 Å². The molecule has 1 atom stereocenters. The van der Waals surface area contributed by atoms with Crippen LogP contribution in [0, 0.1) is 18.8 Å². The molecule has 2 N–H and O–H groups in total. The van der Waals surface area contributed by atoms with Gasteiger partial charge in [-0.2, -0.15) is 0 Å². The van der Waals surface area contributed by atoms with Crippen LogP contribution in [0.1, 0.15) is 29.9 Å². The highest BCUT2D eigenvalue weighted by Gasteiger charge is 2.40. The number of amides is 1. The summed E-state index contributed by atoms with van der Waals surface area (Å²) in [4.78, 5) is 32.9. The van der Waals surface area contributed by atoms with Gasteiger partial charge in [-0.25, -0.2) is 9.97 Å². The minimum Gasteiger partial charge on any atom is -0.336 e. The van der Waals surface area contributed by atoms with E-state index in [9.17, 15) is 9.59 Å². The molecule has 0 aromatic carbocycles. The van der Waals surface area contributed by atoms with Crippen molar-refractivity contribution in [2.24, 2.45) is 0 Å². The molecule has 0 bridgehead atoms. The van der Waals surface area contributed by atoms with Crippen LogP contribution in [0.15, 0.2) is 29.5 Å². The van der Waals surface area contributed by atoms with Crippen molar-refractivity contribution in [1.29, 1.82) is 0 Å². The predicted octanol–water partition coefficient (Wildman–Crippen LogP) is 1.13. The molecule has 1 aliphatic heterocycles. The first-order valence-electron chi connectivity index (χ1n) is 7.03. The third-order valence-corrected chi connectivity index (χ3v) is 3.62. The maximum absolute atomic E-state index is 12.9. The predicted molar refractivity (Wildman–Crippen MR) is 85.3 cm³/mol. The van der Waals surface area contributed by atoms with Gasteiger partial charge in [0.15, 0.2) is 5.66 Å². The Labute approximate surface area is 132 Å². The van der Waals surface area contributed by atoms with Crippen molar-refractivity contribution < 1.29 is 4.79 Å². The maximum Gasteiger partial charge on any atom is 0.277 e. The number of fused-ring (bicyclic) bond motifs is 1. The third-order valence-electron chi connectivity index (χ3n) is 3.62. The highest BCUT2D eigenvalue weighted by molar-refractivity contribution is 5.97. The van der Waals surface area contributed by atoms with E-state index < -0.39 is 5.66 Å². The molecule has 0 radical (unpaired) electrons. The van der Waals surface area contributed by atoms with Crippen molar-refractivity contribution in [3.63, 3.8) is 0 Å². The lowest BCUT2D eigenvalue weighted by Gasteiger charge is -2.21. The summed E-state index contributed by atoms with van der Waals surface area (Å²) in [6, 6.07) is 3.29. The second kappa shape index (κ2) is 5.25. The van der Waals surface area contributed by atoms with Gasteiger partial charge in [-0.3, -0.25) is 14.2 Å². The SMILES string of the molecule is CC#CC1(C)NC(=O)c2c(C)cc(Nc3ccncn3)c(=O)n21. The Balaban J connectivity index is 2.20. The molecular weight excluding hydrogens is 294 g/mol. The monoisotopic (exact) mass is 309 g/mol. The van der Waals surface area contributed by atoms with Crippen LogP contribution < -0.4 is 16.2 Å². The van der Waals surface area contributed by atoms with Crippen LogP contribution in [-0.4, -0.2) is 20.4 Å². The molecule has 0 saturated carbocycles. The Morgan fingerprint density at radius 2 is 2.17 bits per heavy atom. The normalized spacial score (nSPS) is 18.7. The Kier molecular flexibility index (Phi) is 3.37. The van der Waals surface area contributed by atoms with Gasteiger partial charge >= 0.3 is 0 Å². The zero-order valence-corrected chi connectivity index (χ0v) is 13.0. The van der Waals surface area contributed by atoms with E-state index in [1.807, 2.05) is 0 Å². The van der Waals surface area contributed by atoms with Gasteiger partial charge < -0.3 is 10.6 Å². The molecule has 0 aliphatic carbocycles. The van der Waals surface area contributed by atoms with Crippen LogP contribution in [-0.2, 0) is 5.66 Å². The molecule has 2 aromatic heterocycles. The lowest BCUT2D eigenvalue weighted by molar-refractivity contribution is 0.0945. The lowest BCUT2D eigenvalue weighted by Crippen LogP contribution is -2.44. The topological polar surface area (TPSA) is 88.9 Å². The van der Waals surface area contributed by atoms with Crippen LogP contribution in [0.4, 0.5) is 11.5 Å². The largest absolute Gasteiger partial charge is 0.336 e. The van der Waals surface area contributed by atoms with Gasteiger partial charge in [-0.1, -0.05) is 5.92 Å². The minimum absolute atomic E-state index is 0.307. The number of hydrogen-bond donors (Lipinski definition) is 2. The first-order chi connectivity index (χ1) is 11.0. The summed E-state index contributed by atoms with van der Waals surface area (Å²) in [6.07, 6.45) is 2.96. The summed E-state index contributed by atoms with van der Waals surface area (Å²) in [6.45, 7) is 5.14. The summed E-state index contributed by atoms with van der Waals surface area (Å²) in [5, 5.41) is 5.73. The van der Waals surface area contributed by atoms with Gasteiger partial charge in [0.1, 0.15) is 23.5 Å². The number of aryl methyl sites for hydroxylation is 1. The Morgan fingerprint density at radius 1 is 1.39 bits per heavy atom. The minimum atomic E-state index is -1.06. The molecule has 3 heterocycles. The smallest absolute Gasteiger partial charge is 0.277 e. The standard InChI is InChI=1S/C16H15N5O2/c1-4-6-16(3)20-14(22)13-10(2)8-11(15(23)21(13)16)19-12-5-7-17-9-18-12/h5,7-9H,1-3H3,(H,20,22)(H,17,18,19). The van der Waals surface area contributed by atoms with Gasteiger partial charge in [0, 0.05) is 6.20 Å². The van der Waals surface area contributed by atoms with E-state index in [4.69, 9.17) is 0 Å². The van der Waals surface area contributed by atoms with Crippen LogP contribution in [0.5, 0.6) is 0 Å². The van der Waals surface area contributed by atoms with E-state index in [0.717, 1.165) is 0 Å². The van der Waals surface area contributed by atoms with Crippen LogP contribution in [0.3, 0.4) is 0 Å². The Bertz CT molecular complexity index is 908. The van der Waals surface area contributed by atoms with E-state index in [2.05, 4.69) is 32.4 Å². The summed E-state index contributed by atoms with van der Waals surface area (Å²) in [7, 11) is 0. The molecule has 1 unspecified atom stereocenters. The molecular formula is C16H15N5O2. The number of carbonyl (C=O) groups is 1. The number of aromatic nitrogens is 3. The molecule has 1 aliphatic rings. The van der Waals surface area contributed by atoms with E-state index in [0.29, 0.717) is 22.8 Å². The second-order valence-corrected chi connectivity index (χ2v) is 5.35. The fourth-order valence-electron chi connectivity index (χ4n) is 2.71. The number of nitrogens with one attached hydrogen (secondary N) is 2. The molecule has 1 amide bonds. The van der Waals surface area contributed by atoms with E-state index in [1.54, 1.807) is 39.1 Å². The van der Waals surface area contributed by atoms with Crippen molar-refractivity contribution in [2.45, 2.75) is 26.4 Å². The summed E-state index contributed by atoms with van der Waals surface area (Å²) >= 11 is 0. The number of anilines is 2. The van der Waals surface area contributed by atoms with Gasteiger partial charge in [0.2, 0.25) is 0 Å². The molecule has 7 heteroatoms. The molecule has 2 aromatic rings. The summed E-state index contributed by atoms with van der Waals surface area (Å²) in [5.74, 6) is 5.85. The molecule has 3 rings (SSSR count).